The minimum atomic E-state index is -3.64. The van der Waals surface area contributed by atoms with Gasteiger partial charge in [-0.1, -0.05) is 84.2 Å². The summed E-state index contributed by atoms with van der Waals surface area (Å²) in [5.41, 5.74) is 2.03. The number of benzene rings is 3. The first-order valence-electron chi connectivity index (χ1n) is 13.7. The molecule has 0 radical (unpaired) electrons. The molecule has 0 spiro atoms. The van der Waals surface area contributed by atoms with E-state index in [2.05, 4.69) is 5.32 Å². The zero-order valence-corrected chi connectivity index (χ0v) is 27.0. The lowest BCUT2D eigenvalue weighted by Crippen LogP contribution is -2.52. The molecule has 0 aliphatic rings. The Labute approximate surface area is 263 Å². The van der Waals surface area contributed by atoms with Crippen molar-refractivity contribution < 1.29 is 18.0 Å². The van der Waals surface area contributed by atoms with E-state index in [0.717, 1.165) is 18.2 Å². The van der Waals surface area contributed by atoms with Crippen LogP contribution in [0.2, 0.25) is 15.1 Å². The summed E-state index contributed by atoms with van der Waals surface area (Å²) in [6, 6.07) is 20.3. The van der Waals surface area contributed by atoms with Crippen molar-refractivity contribution in [1.82, 2.24) is 10.2 Å². The van der Waals surface area contributed by atoms with E-state index in [0.29, 0.717) is 32.7 Å². The fraction of sp³-hybridized carbons (Fsp3) is 0.355. The second kappa shape index (κ2) is 15.6. The number of sulfonamides is 1. The first kappa shape index (κ1) is 33.7. The number of hydrogen-bond donors (Lipinski definition) is 1. The highest BCUT2D eigenvalue weighted by Gasteiger charge is 2.31. The van der Waals surface area contributed by atoms with Gasteiger partial charge in [-0.15, -0.1) is 0 Å². The van der Waals surface area contributed by atoms with E-state index in [1.54, 1.807) is 47.4 Å². The fourth-order valence-corrected chi connectivity index (χ4v) is 5.93. The molecule has 3 rings (SSSR count). The van der Waals surface area contributed by atoms with Gasteiger partial charge < -0.3 is 10.2 Å². The third-order valence-corrected chi connectivity index (χ3v) is 9.03. The highest BCUT2D eigenvalue weighted by atomic mass is 35.5. The standard InChI is InChI=1S/C31H36Cl3N3O4S/c1-4-22(2)35-31(39)29(19-23-10-6-5-7-11-23)36(21-24-15-16-27(33)28(34)18-24)30(38)14-9-17-37(42(3,40)41)26-13-8-12-25(32)20-26/h5-8,10-13,15-16,18,20,22,29H,4,9,14,17,19,21H2,1-3H3,(H,35,39)/t22-,29+/m1/s1. The number of amides is 2. The van der Waals surface area contributed by atoms with Crippen molar-refractivity contribution in [2.45, 2.75) is 58.2 Å². The largest absolute Gasteiger partial charge is 0.352 e. The lowest BCUT2D eigenvalue weighted by molar-refractivity contribution is -0.141. The van der Waals surface area contributed by atoms with E-state index in [1.807, 2.05) is 44.2 Å². The van der Waals surface area contributed by atoms with E-state index in [4.69, 9.17) is 34.8 Å². The molecule has 0 aliphatic carbocycles. The molecular formula is C31H36Cl3N3O4S. The van der Waals surface area contributed by atoms with Gasteiger partial charge in [-0.2, -0.15) is 0 Å². The average molecular weight is 653 g/mol. The maximum Gasteiger partial charge on any atom is 0.243 e. The number of carbonyl (C=O) groups is 2. The predicted molar refractivity (Wildman–Crippen MR) is 172 cm³/mol. The summed E-state index contributed by atoms with van der Waals surface area (Å²) in [4.78, 5) is 29.1. The molecule has 0 unspecified atom stereocenters. The Kier molecular flexibility index (Phi) is 12.5. The van der Waals surface area contributed by atoms with Crippen LogP contribution >= 0.6 is 34.8 Å². The van der Waals surface area contributed by atoms with E-state index >= 15 is 0 Å². The first-order valence-corrected chi connectivity index (χ1v) is 16.7. The van der Waals surface area contributed by atoms with E-state index in [1.165, 1.54) is 4.31 Å². The van der Waals surface area contributed by atoms with Gasteiger partial charge in [0.05, 0.1) is 22.0 Å². The molecule has 7 nitrogen and oxygen atoms in total. The number of anilines is 1. The normalized spacial score (nSPS) is 12.8. The minimum Gasteiger partial charge on any atom is -0.352 e. The van der Waals surface area contributed by atoms with Crippen LogP contribution in [0.4, 0.5) is 5.69 Å². The Hall–Kier alpha value is -2.78. The van der Waals surface area contributed by atoms with Gasteiger partial charge in [0.2, 0.25) is 21.8 Å². The maximum absolute atomic E-state index is 13.9. The van der Waals surface area contributed by atoms with Crippen LogP contribution < -0.4 is 9.62 Å². The Morgan fingerprint density at radius 1 is 0.905 bits per heavy atom. The van der Waals surface area contributed by atoms with Crippen LogP contribution in [0.5, 0.6) is 0 Å². The number of carbonyl (C=O) groups excluding carboxylic acids is 2. The van der Waals surface area contributed by atoms with Crippen molar-refractivity contribution in [3.05, 3.63) is 99.0 Å². The summed E-state index contributed by atoms with van der Waals surface area (Å²) in [7, 11) is -3.64. The molecule has 2 atom stereocenters. The van der Waals surface area contributed by atoms with Crippen LogP contribution in [0.1, 0.15) is 44.2 Å². The smallest absolute Gasteiger partial charge is 0.243 e. The highest BCUT2D eigenvalue weighted by molar-refractivity contribution is 7.92. The van der Waals surface area contributed by atoms with Crippen molar-refractivity contribution in [2.75, 3.05) is 17.1 Å². The van der Waals surface area contributed by atoms with Crippen molar-refractivity contribution in [3.63, 3.8) is 0 Å². The lowest BCUT2D eigenvalue weighted by atomic mass is 10.0. The van der Waals surface area contributed by atoms with Crippen molar-refractivity contribution in [3.8, 4) is 0 Å². The molecule has 0 saturated heterocycles. The monoisotopic (exact) mass is 651 g/mol. The minimum absolute atomic E-state index is 0.00973. The van der Waals surface area contributed by atoms with Gasteiger partial charge in [-0.25, -0.2) is 8.42 Å². The van der Waals surface area contributed by atoms with Crippen molar-refractivity contribution >= 4 is 62.3 Å². The molecule has 0 aliphatic heterocycles. The molecule has 3 aromatic rings. The van der Waals surface area contributed by atoms with Gasteiger partial charge in [0.15, 0.2) is 0 Å². The number of halogens is 3. The molecule has 0 heterocycles. The molecule has 42 heavy (non-hydrogen) atoms. The van der Waals surface area contributed by atoms with Crippen LogP contribution in [0, 0.1) is 0 Å². The van der Waals surface area contributed by atoms with Crippen LogP contribution in [0.15, 0.2) is 72.8 Å². The van der Waals surface area contributed by atoms with E-state index in [9.17, 15) is 18.0 Å². The quantitative estimate of drug-likeness (QED) is 0.209. The van der Waals surface area contributed by atoms with Crippen LogP contribution in [0.3, 0.4) is 0 Å². The second-order valence-electron chi connectivity index (χ2n) is 10.2. The summed E-state index contributed by atoms with van der Waals surface area (Å²) >= 11 is 18.5. The topological polar surface area (TPSA) is 86.8 Å². The third kappa shape index (κ3) is 9.90. The van der Waals surface area contributed by atoms with Crippen LogP contribution in [-0.4, -0.2) is 50.0 Å². The molecular weight excluding hydrogens is 617 g/mol. The first-order chi connectivity index (χ1) is 19.9. The van der Waals surface area contributed by atoms with Gasteiger partial charge in [0.25, 0.3) is 0 Å². The number of rotatable bonds is 14. The molecule has 0 fully saturated rings. The van der Waals surface area contributed by atoms with Crippen molar-refractivity contribution in [1.29, 1.82) is 0 Å². The van der Waals surface area contributed by atoms with Gasteiger partial charge >= 0.3 is 0 Å². The Morgan fingerprint density at radius 2 is 1.62 bits per heavy atom. The Bertz CT molecular complexity index is 1470. The molecule has 2 amide bonds. The van der Waals surface area contributed by atoms with Gasteiger partial charge in [0.1, 0.15) is 6.04 Å². The Morgan fingerprint density at radius 3 is 2.24 bits per heavy atom. The van der Waals surface area contributed by atoms with Gasteiger partial charge in [0, 0.05) is 37.0 Å². The highest BCUT2D eigenvalue weighted by Crippen LogP contribution is 2.26. The van der Waals surface area contributed by atoms with Gasteiger partial charge in [-0.05, 0) is 61.2 Å². The van der Waals surface area contributed by atoms with Crippen molar-refractivity contribution in [2.24, 2.45) is 0 Å². The van der Waals surface area contributed by atoms with Crippen LogP contribution in [0.25, 0.3) is 0 Å². The zero-order valence-electron chi connectivity index (χ0n) is 23.9. The molecule has 3 aromatic carbocycles. The Balaban J connectivity index is 1.91. The SMILES string of the molecule is CC[C@@H](C)NC(=O)[C@H](Cc1ccccc1)N(Cc1ccc(Cl)c(Cl)c1)C(=O)CCCN(c1cccc(Cl)c1)S(C)(=O)=O. The number of nitrogens with one attached hydrogen (secondary N) is 1. The number of hydrogen-bond acceptors (Lipinski definition) is 4. The summed E-state index contributed by atoms with van der Waals surface area (Å²) < 4.78 is 26.4. The average Bonchev–Trinajstić information content (AvgIpc) is 2.94. The zero-order chi connectivity index (χ0) is 30.9. The molecule has 11 heteroatoms. The third-order valence-electron chi connectivity index (χ3n) is 6.86. The molecule has 0 saturated carbocycles. The number of nitrogens with zero attached hydrogens (tertiary/aromatic N) is 2. The molecule has 226 valence electrons. The maximum atomic E-state index is 13.9. The summed E-state index contributed by atoms with van der Waals surface area (Å²) in [5.74, 6) is -0.556. The van der Waals surface area contributed by atoms with E-state index in [-0.39, 0.29) is 43.8 Å². The summed E-state index contributed by atoms with van der Waals surface area (Å²) in [6.45, 7) is 4.07. The van der Waals surface area contributed by atoms with Crippen LogP contribution in [-0.2, 0) is 32.6 Å². The molecule has 1 N–H and O–H groups in total. The molecule has 0 bridgehead atoms. The summed E-state index contributed by atoms with van der Waals surface area (Å²) in [5, 5.41) is 4.16. The second-order valence-corrected chi connectivity index (χ2v) is 13.4. The predicted octanol–water partition coefficient (Wildman–Crippen LogP) is 6.75. The molecule has 0 aromatic heterocycles. The van der Waals surface area contributed by atoms with E-state index < -0.39 is 16.1 Å². The lowest BCUT2D eigenvalue weighted by Gasteiger charge is -2.33. The summed E-state index contributed by atoms with van der Waals surface area (Å²) in [6.07, 6.45) is 2.38. The fourth-order valence-electron chi connectivity index (χ4n) is 4.46. The van der Waals surface area contributed by atoms with Gasteiger partial charge in [-0.3, -0.25) is 13.9 Å².